The molecule has 7 nitrogen and oxygen atoms in total. The lowest BCUT2D eigenvalue weighted by molar-refractivity contribution is 0.0901. The minimum Gasteiger partial charge on any atom is -0.346 e. The quantitative estimate of drug-likeness (QED) is 0.515. The van der Waals surface area contributed by atoms with Crippen molar-refractivity contribution in [2.45, 2.75) is 45.6 Å². The highest BCUT2D eigenvalue weighted by atomic mass is 32.2. The number of nitrogens with zero attached hydrogens (tertiary/aromatic N) is 4. The maximum absolute atomic E-state index is 13.4. The van der Waals surface area contributed by atoms with Gasteiger partial charge in [-0.25, -0.2) is 8.42 Å². The van der Waals surface area contributed by atoms with Crippen LogP contribution < -0.4 is 0 Å². The van der Waals surface area contributed by atoms with Crippen LogP contribution in [-0.4, -0.2) is 65.7 Å². The Morgan fingerprint density at radius 2 is 1.76 bits per heavy atom. The van der Waals surface area contributed by atoms with E-state index < -0.39 is 10.0 Å². The van der Waals surface area contributed by atoms with E-state index in [1.807, 2.05) is 43.9 Å². The molecule has 1 aromatic carbocycles. The van der Waals surface area contributed by atoms with E-state index in [4.69, 9.17) is 0 Å². The van der Waals surface area contributed by atoms with Crippen molar-refractivity contribution in [2.24, 2.45) is 0 Å². The van der Waals surface area contributed by atoms with E-state index in [1.54, 1.807) is 18.3 Å². The number of hydrogen-bond acceptors (Lipinski definition) is 5. The van der Waals surface area contributed by atoms with Gasteiger partial charge in [-0.15, -0.1) is 0 Å². The van der Waals surface area contributed by atoms with Gasteiger partial charge in [0, 0.05) is 60.8 Å². The minimum absolute atomic E-state index is 0.0833. The van der Waals surface area contributed by atoms with Crippen molar-refractivity contribution >= 4 is 26.7 Å². The van der Waals surface area contributed by atoms with E-state index in [-0.39, 0.29) is 10.7 Å². The topological polar surface area (TPSA) is 75.5 Å². The zero-order valence-corrected chi connectivity index (χ0v) is 20.8. The number of rotatable bonds is 6. The van der Waals surface area contributed by atoms with Gasteiger partial charge >= 0.3 is 0 Å². The zero-order valence-electron chi connectivity index (χ0n) is 20.0. The van der Waals surface area contributed by atoms with Crippen molar-refractivity contribution in [2.75, 3.05) is 32.7 Å². The number of sulfonamides is 1. The monoisotopic (exact) mass is 468 g/mol. The molecule has 0 unspecified atom stereocenters. The summed E-state index contributed by atoms with van der Waals surface area (Å²) in [6, 6.07) is 9.48. The molecule has 1 fully saturated rings. The first-order valence-corrected chi connectivity index (χ1v) is 12.8. The highest BCUT2D eigenvalue weighted by molar-refractivity contribution is 7.89. The molecule has 0 amide bonds. The summed E-state index contributed by atoms with van der Waals surface area (Å²) in [4.78, 5) is 19.7. The number of Topliss-reactive ketones (excluding diaryl/α,β-unsaturated/α-hetero) is 1. The molecule has 1 saturated heterocycles. The SMILES string of the molecule is Cc1cnc2c(S(=O)(=O)N3CCN(CC(=O)c4cc(C)n(C(C)C)c4C)CC3)cccc2c1. The standard InChI is InChI=1S/C25H32N4O3S/c1-17(2)29-19(4)14-22(20(29)5)23(30)16-27-9-11-28(12-10-27)33(31,32)24-8-6-7-21-13-18(3)15-26-25(21)24/h6-8,13-15,17H,9-12,16H2,1-5H3. The first kappa shape index (κ1) is 23.6. The molecule has 0 saturated carbocycles. The van der Waals surface area contributed by atoms with E-state index in [9.17, 15) is 13.2 Å². The van der Waals surface area contributed by atoms with Gasteiger partial charge in [-0.3, -0.25) is 14.7 Å². The second kappa shape index (κ2) is 9.00. The number of pyridine rings is 1. The maximum atomic E-state index is 13.4. The zero-order chi connectivity index (χ0) is 23.9. The Morgan fingerprint density at radius 1 is 1.06 bits per heavy atom. The fourth-order valence-electron chi connectivity index (χ4n) is 4.86. The molecule has 2 aromatic heterocycles. The number of benzene rings is 1. The lowest BCUT2D eigenvalue weighted by Crippen LogP contribution is -2.49. The number of carbonyl (C=O) groups is 1. The average molecular weight is 469 g/mol. The van der Waals surface area contributed by atoms with Gasteiger partial charge in [0.1, 0.15) is 4.90 Å². The largest absolute Gasteiger partial charge is 0.346 e. The number of ketones is 1. The molecule has 1 aliphatic rings. The summed E-state index contributed by atoms with van der Waals surface area (Å²) >= 11 is 0. The third kappa shape index (κ3) is 4.47. The molecule has 4 rings (SSSR count). The molecule has 0 N–H and O–H groups in total. The van der Waals surface area contributed by atoms with Crippen LogP contribution in [-0.2, 0) is 10.0 Å². The smallest absolute Gasteiger partial charge is 0.245 e. The Bertz CT molecular complexity index is 1300. The molecule has 0 aliphatic carbocycles. The Balaban J connectivity index is 1.46. The summed E-state index contributed by atoms with van der Waals surface area (Å²) in [6.07, 6.45) is 1.70. The molecule has 1 aliphatic heterocycles. The fraction of sp³-hybridized carbons (Fsp3) is 0.440. The number of carbonyl (C=O) groups excluding carboxylic acids is 1. The normalized spacial score (nSPS) is 16.1. The van der Waals surface area contributed by atoms with Crippen LogP contribution in [0.15, 0.2) is 41.4 Å². The van der Waals surface area contributed by atoms with Gasteiger partial charge in [0.15, 0.2) is 5.78 Å². The molecule has 0 atom stereocenters. The van der Waals surface area contributed by atoms with Crippen LogP contribution in [0.25, 0.3) is 10.9 Å². The van der Waals surface area contributed by atoms with Gasteiger partial charge in [0.25, 0.3) is 0 Å². The molecular weight excluding hydrogens is 436 g/mol. The molecule has 8 heteroatoms. The van der Waals surface area contributed by atoms with Gasteiger partial charge in [-0.05, 0) is 58.4 Å². The van der Waals surface area contributed by atoms with Gasteiger partial charge in [-0.1, -0.05) is 12.1 Å². The van der Waals surface area contributed by atoms with Gasteiger partial charge in [0.2, 0.25) is 10.0 Å². The van der Waals surface area contributed by atoms with Crippen molar-refractivity contribution in [1.29, 1.82) is 0 Å². The molecule has 0 radical (unpaired) electrons. The third-order valence-corrected chi connectivity index (χ3v) is 8.36. The van der Waals surface area contributed by atoms with Gasteiger partial charge in [-0.2, -0.15) is 4.31 Å². The summed E-state index contributed by atoms with van der Waals surface area (Å²) in [7, 11) is -3.67. The maximum Gasteiger partial charge on any atom is 0.245 e. The number of fused-ring (bicyclic) bond motifs is 1. The van der Waals surface area contributed by atoms with Crippen molar-refractivity contribution in [3.63, 3.8) is 0 Å². The predicted molar refractivity (Wildman–Crippen MR) is 130 cm³/mol. The predicted octanol–water partition coefficient (Wildman–Crippen LogP) is 3.73. The molecular formula is C25H32N4O3S. The van der Waals surface area contributed by atoms with E-state index in [1.165, 1.54) is 4.31 Å². The Labute approximate surface area is 196 Å². The van der Waals surface area contributed by atoms with Crippen LogP contribution in [0.4, 0.5) is 0 Å². The lowest BCUT2D eigenvalue weighted by Gasteiger charge is -2.33. The second-order valence-electron chi connectivity index (χ2n) is 9.19. The van der Waals surface area contributed by atoms with Crippen LogP contribution in [0.5, 0.6) is 0 Å². The summed E-state index contributed by atoms with van der Waals surface area (Å²) in [5, 5.41) is 0.819. The number of para-hydroxylation sites is 1. The van der Waals surface area contributed by atoms with E-state index in [2.05, 4.69) is 23.4 Å². The van der Waals surface area contributed by atoms with Crippen LogP contribution in [0.2, 0.25) is 0 Å². The van der Waals surface area contributed by atoms with Crippen molar-refractivity contribution in [3.05, 3.63) is 59.0 Å². The Hall–Kier alpha value is -2.55. The Morgan fingerprint density at radius 3 is 2.39 bits per heavy atom. The molecule has 3 heterocycles. The van der Waals surface area contributed by atoms with Gasteiger partial charge < -0.3 is 4.57 Å². The highest BCUT2D eigenvalue weighted by Crippen LogP contribution is 2.26. The highest BCUT2D eigenvalue weighted by Gasteiger charge is 2.31. The summed E-state index contributed by atoms with van der Waals surface area (Å²) in [5.41, 5.74) is 4.33. The van der Waals surface area contributed by atoms with Gasteiger partial charge in [0.05, 0.1) is 12.1 Å². The summed E-state index contributed by atoms with van der Waals surface area (Å²) in [6.45, 7) is 12.2. The third-order valence-electron chi connectivity index (χ3n) is 6.43. The van der Waals surface area contributed by atoms with E-state index in [0.29, 0.717) is 44.3 Å². The Kier molecular flexibility index (Phi) is 6.44. The molecule has 176 valence electrons. The number of piperazine rings is 1. The molecule has 0 spiro atoms. The van der Waals surface area contributed by atoms with E-state index >= 15 is 0 Å². The summed E-state index contributed by atoms with van der Waals surface area (Å²) < 4.78 is 30.5. The molecule has 0 bridgehead atoms. The van der Waals surface area contributed by atoms with Crippen LogP contribution >= 0.6 is 0 Å². The van der Waals surface area contributed by atoms with Crippen LogP contribution in [0, 0.1) is 20.8 Å². The average Bonchev–Trinajstić information content (AvgIpc) is 3.07. The fourth-order valence-corrected chi connectivity index (χ4v) is 6.45. The van der Waals surface area contributed by atoms with Crippen molar-refractivity contribution in [3.8, 4) is 0 Å². The van der Waals surface area contributed by atoms with Crippen molar-refractivity contribution in [1.82, 2.24) is 18.8 Å². The first-order chi connectivity index (χ1) is 15.6. The molecule has 33 heavy (non-hydrogen) atoms. The van der Waals surface area contributed by atoms with Crippen molar-refractivity contribution < 1.29 is 13.2 Å². The number of aromatic nitrogens is 2. The van der Waals surface area contributed by atoms with Crippen LogP contribution in [0.3, 0.4) is 0 Å². The summed E-state index contributed by atoms with van der Waals surface area (Å²) in [5.74, 6) is 0.0833. The number of aryl methyl sites for hydroxylation is 2. The lowest BCUT2D eigenvalue weighted by atomic mass is 10.1. The molecule has 3 aromatic rings. The number of hydrogen-bond donors (Lipinski definition) is 0. The van der Waals surface area contributed by atoms with E-state index in [0.717, 1.165) is 27.9 Å². The van der Waals surface area contributed by atoms with Crippen LogP contribution in [0.1, 0.15) is 47.2 Å². The minimum atomic E-state index is -3.67. The second-order valence-corrected chi connectivity index (χ2v) is 11.1. The first-order valence-electron chi connectivity index (χ1n) is 11.4.